The van der Waals surface area contributed by atoms with Crippen molar-refractivity contribution >= 4 is 17.0 Å². The first-order chi connectivity index (χ1) is 12.3. The van der Waals surface area contributed by atoms with Crippen LogP contribution in [0.3, 0.4) is 0 Å². The van der Waals surface area contributed by atoms with Crippen molar-refractivity contribution in [3.05, 3.63) is 42.2 Å². The maximum atomic E-state index is 11.8. The summed E-state index contributed by atoms with van der Waals surface area (Å²) in [5.41, 5.74) is 3.37. The van der Waals surface area contributed by atoms with Crippen molar-refractivity contribution < 1.29 is 9.53 Å². The first-order valence-corrected chi connectivity index (χ1v) is 9.36. The number of nitrogens with zero attached hydrogens (tertiary/aromatic N) is 3. The molecule has 0 bridgehead atoms. The highest BCUT2D eigenvalue weighted by atomic mass is 16.5. The van der Waals surface area contributed by atoms with Crippen molar-refractivity contribution in [2.45, 2.75) is 50.3 Å². The van der Waals surface area contributed by atoms with Crippen LogP contribution in [0.4, 0.5) is 0 Å². The average molecular weight is 337 g/mol. The van der Waals surface area contributed by atoms with Gasteiger partial charge >= 0.3 is 5.97 Å². The number of hydrogen-bond donors (Lipinski definition) is 0. The summed E-state index contributed by atoms with van der Waals surface area (Å²) < 4.78 is 7.88. The first-order valence-electron chi connectivity index (χ1n) is 9.36. The second-order valence-electron chi connectivity index (χ2n) is 7.46. The zero-order valence-electron chi connectivity index (χ0n) is 14.3. The normalized spacial score (nSPS) is 30.2. The van der Waals surface area contributed by atoms with Crippen molar-refractivity contribution in [1.29, 1.82) is 0 Å². The molecule has 5 heteroatoms. The van der Waals surface area contributed by atoms with Gasteiger partial charge in [-0.15, -0.1) is 0 Å². The van der Waals surface area contributed by atoms with Crippen LogP contribution in [-0.4, -0.2) is 45.7 Å². The number of fused-ring (bicyclic) bond motifs is 2. The molecule has 5 nitrogen and oxygen atoms in total. The molecular formula is C20H23N3O2. The van der Waals surface area contributed by atoms with E-state index in [-0.39, 0.29) is 12.1 Å². The van der Waals surface area contributed by atoms with Crippen molar-refractivity contribution in [3.8, 4) is 0 Å². The van der Waals surface area contributed by atoms with Gasteiger partial charge in [0.2, 0.25) is 0 Å². The number of likely N-dealkylation sites (tertiary alicyclic amines) is 1. The molecule has 1 saturated heterocycles. The Morgan fingerprint density at radius 2 is 1.92 bits per heavy atom. The van der Waals surface area contributed by atoms with Gasteiger partial charge in [0.15, 0.2) is 0 Å². The molecule has 130 valence electrons. The molecule has 0 radical (unpaired) electrons. The number of benzene rings is 1. The van der Waals surface area contributed by atoms with Gasteiger partial charge in [-0.05, 0) is 50.1 Å². The summed E-state index contributed by atoms with van der Waals surface area (Å²) in [5.74, 6) is -0.173. The highest BCUT2D eigenvalue weighted by molar-refractivity contribution is 5.86. The molecule has 0 amide bonds. The fraction of sp³-hybridized carbons (Fsp3) is 0.500. The molecule has 1 aliphatic carbocycles. The second kappa shape index (κ2) is 5.99. The van der Waals surface area contributed by atoms with Crippen molar-refractivity contribution in [1.82, 2.24) is 14.5 Å². The van der Waals surface area contributed by atoms with Gasteiger partial charge < -0.3 is 9.30 Å². The molecular weight excluding hydrogens is 314 g/mol. The fourth-order valence-electron chi connectivity index (χ4n) is 4.81. The van der Waals surface area contributed by atoms with Crippen LogP contribution in [0.2, 0.25) is 0 Å². The molecule has 2 aromatic rings. The Bertz CT molecular complexity index is 834. The molecule has 1 aromatic carbocycles. The van der Waals surface area contributed by atoms with E-state index in [1.807, 2.05) is 12.4 Å². The number of hydrogen-bond acceptors (Lipinski definition) is 4. The van der Waals surface area contributed by atoms with E-state index >= 15 is 0 Å². The molecule has 2 aliphatic heterocycles. The van der Waals surface area contributed by atoms with Crippen molar-refractivity contribution in [3.63, 3.8) is 0 Å². The van der Waals surface area contributed by atoms with E-state index in [2.05, 4.69) is 32.7 Å². The molecule has 3 atom stereocenters. The predicted molar refractivity (Wildman–Crippen MR) is 95.2 cm³/mol. The second-order valence-corrected chi connectivity index (χ2v) is 7.46. The average Bonchev–Trinajstić information content (AvgIpc) is 3.23. The number of ether oxygens (including phenoxy) is 1. The van der Waals surface area contributed by atoms with Crippen LogP contribution in [-0.2, 0) is 9.53 Å². The zero-order chi connectivity index (χ0) is 16.8. The molecule has 3 aliphatic rings. The third-order valence-electron chi connectivity index (χ3n) is 6.02. The Balaban J connectivity index is 1.55. The standard InChI is InChI=1S/C20H23N3O2/c24-20-11-14-10-18(23-13-21-15-6-2-3-7-16(15)23)17(12-19(14)25-20)22-8-4-1-5-9-22/h2-3,6-7,11,13,17-19H,1,4-5,8-10,12H2. The minimum absolute atomic E-state index is 0.0227. The largest absolute Gasteiger partial charge is 0.455 e. The van der Waals surface area contributed by atoms with E-state index in [4.69, 9.17) is 4.74 Å². The molecule has 25 heavy (non-hydrogen) atoms. The predicted octanol–water partition coefficient (Wildman–Crippen LogP) is 3.08. The maximum Gasteiger partial charge on any atom is 0.331 e. The van der Waals surface area contributed by atoms with Gasteiger partial charge in [0.05, 0.1) is 23.4 Å². The Labute approximate surface area is 147 Å². The van der Waals surface area contributed by atoms with Crippen LogP contribution >= 0.6 is 0 Å². The van der Waals surface area contributed by atoms with Crippen LogP contribution in [0.1, 0.15) is 38.1 Å². The number of para-hydroxylation sites is 2. The summed E-state index contributed by atoms with van der Waals surface area (Å²) in [4.78, 5) is 19.0. The number of carbonyl (C=O) groups excluding carboxylic acids is 1. The Morgan fingerprint density at radius 1 is 1.08 bits per heavy atom. The monoisotopic (exact) mass is 337 g/mol. The minimum atomic E-state index is -0.173. The Morgan fingerprint density at radius 3 is 2.80 bits per heavy atom. The lowest BCUT2D eigenvalue weighted by Crippen LogP contribution is -2.48. The van der Waals surface area contributed by atoms with Crippen LogP contribution < -0.4 is 0 Å². The molecule has 0 N–H and O–H groups in total. The van der Waals surface area contributed by atoms with E-state index < -0.39 is 0 Å². The van der Waals surface area contributed by atoms with Crippen LogP contribution in [0, 0.1) is 0 Å². The lowest BCUT2D eigenvalue weighted by molar-refractivity contribution is -0.140. The zero-order valence-corrected chi connectivity index (χ0v) is 14.3. The van der Waals surface area contributed by atoms with Crippen molar-refractivity contribution in [2.24, 2.45) is 0 Å². The molecule has 1 saturated carbocycles. The highest BCUT2D eigenvalue weighted by Gasteiger charge is 2.42. The summed E-state index contributed by atoms with van der Waals surface area (Å²) >= 11 is 0. The van der Waals surface area contributed by atoms with Gasteiger partial charge in [0.1, 0.15) is 6.10 Å². The number of aromatic nitrogens is 2. The smallest absolute Gasteiger partial charge is 0.331 e. The van der Waals surface area contributed by atoms with Gasteiger partial charge in [0, 0.05) is 18.5 Å². The van der Waals surface area contributed by atoms with E-state index in [0.717, 1.165) is 37.0 Å². The Hall–Kier alpha value is -2.14. The minimum Gasteiger partial charge on any atom is -0.455 e. The third kappa shape index (κ3) is 2.58. The molecule has 1 aromatic heterocycles. The number of imidazole rings is 1. The SMILES string of the molecule is O=C1C=C2CC(n3cnc4ccccc43)C(N3CCCCC3)CC2O1. The molecule has 5 rings (SSSR count). The summed E-state index contributed by atoms with van der Waals surface area (Å²) in [6, 6.07) is 9.02. The van der Waals surface area contributed by atoms with Gasteiger partial charge in [-0.2, -0.15) is 0 Å². The van der Waals surface area contributed by atoms with Crippen LogP contribution in [0.25, 0.3) is 11.0 Å². The maximum absolute atomic E-state index is 11.8. The number of carbonyl (C=O) groups is 1. The molecule has 3 heterocycles. The summed E-state index contributed by atoms with van der Waals surface area (Å²) in [5, 5.41) is 0. The summed E-state index contributed by atoms with van der Waals surface area (Å²) in [6.07, 6.45) is 9.29. The lowest BCUT2D eigenvalue weighted by atomic mass is 9.83. The third-order valence-corrected chi connectivity index (χ3v) is 6.02. The number of piperidine rings is 1. The van der Waals surface area contributed by atoms with Crippen LogP contribution in [0.5, 0.6) is 0 Å². The quantitative estimate of drug-likeness (QED) is 0.790. The number of rotatable bonds is 2. The van der Waals surface area contributed by atoms with Gasteiger partial charge in [-0.25, -0.2) is 9.78 Å². The number of esters is 1. The van der Waals surface area contributed by atoms with Gasteiger partial charge in [-0.3, -0.25) is 4.90 Å². The van der Waals surface area contributed by atoms with Crippen LogP contribution in [0.15, 0.2) is 42.2 Å². The molecule has 3 unspecified atom stereocenters. The topological polar surface area (TPSA) is 47.4 Å². The van der Waals surface area contributed by atoms with Gasteiger partial charge in [-0.1, -0.05) is 18.6 Å². The van der Waals surface area contributed by atoms with E-state index in [1.165, 1.54) is 24.8 Å². The molecule has 2 fully saturated rings. The first kappa shape index (κ1) is 15.1. The summed E-state index contributed by atoms with van der Waals surface area (Å²) in [6.45, 7) is 2.29. The summed E-state index contributed by atoms with van der Waals surface area (Å²) in [7, 11) is 0. The molecule has 0 spiro atoms. The van der Waals surface area contributed by atoms with E-state index in [1.54, 1.807) is 6.08 Å². The van der Waals surface area contributed by atoms with E-state index in [9.17, 15) is 4.79 Å². The Kier molecular flexibility index (Phi) is 3.63. The fourth-order valence-corrected chi connectivity index (χ4v) is 4.81. The highest BCUT2D eigenvalue weighted by Crippen LogP contribution is 2.41. The lowest BCUT2D eigenvalue weighted by Gasteiger charge is -2.44. The van der Waals surface area contributed by atoms with E-state index in [0.29, 0.717) is 12.1 Å². The van der Waals surface area contributed by atoms with Gasteiger partial charge in [0.25, 0.3) is 0 Å². The van der Waals surface area contributed by atoms with Crippen molar-refractivity contribution in [2.75, 3.05) is 13.1 Å².